The van der Waals surface area contributed by atoms with Crippen LogP contribution in [0.25, 0.3) is 0 Å². The third kappa shape index (κ3) is 7.82. The Morgan fingerprint density at radius 1 is 1.36 bits per heavy atom. The van der Waals surface area contributed by atoms with Crippen LogP contribution in [-0.4, -0.2) is 24.4 Å². The molecule has 2 unspecified atom stereocenters. The molecule has 0 aliphatic heterocycles. The van der Waals surface area contributed by atoms with Crippen LogP contribution in [0.4, 0.5) is 0 Å². The van der Waals surface area contributed by atoms with E-state index in [0.717, 1.165) is 26.1 Å². The van der Waals surface area contributed by atoms with Crippen LogP contribution in [0.3, 0.4) is 0 Å². The van der Waals surface area contributed by atoms with Gasteiger partial charge in [-0.3, -0.25) is 0 Å². The smallest absolute Gasteiger partial charge is 0.0515 e. The molecule has 11 heavy (non-hydrogen) atoms. The summed E-state index contributed by atoms with van der Waals surface area (Å²) in [6, 6.07) is 0. The first-order chi connectivity index (χ1) is 5.16. The van der Waals surface area contributed by atoms with E-state index in [1.54, 1.807) is 0 Å². The van der Waals surface area contributed by atoms with E-state index in [4.69, 9.17) is 9.84 Å². The maximum atomic E-state index is 9.02. The highest BCUT2D eigenvalue weighted by molar-refractivity contribution is 4.55. The Morgan fingerprint density at radius 3 is 2.45 bits per heavy atom. The van der Waals surface area contributed by atoms with Gasteiger partial charge in [0.15, 0.2) is 0 Å². The molecule has 0 radical (unpaired) electrons. The Morgan fingerprint density at radius 2 is 2.00 bits per heavy atom. The Labute approximate surface area is 69.6 Å². The molecule has 0 aromatic carbocycles. The van der Waals surface area contributed by atoms with E-state index >= 15 is 0 Å². The van der Waals surface area contributed by atoms with Crippen LogP contribution >= 0.6 is 0 Å². The van der Waals surface area contributed by atoms with Crippen LogP contribution in [-0.2, 0) is 4.74 Å². The van der Waals surface area contributed by atoms with Crippen molar-refractivity contribution in [3.05, 3.63) is 0 Å². The SMILES string of the molecule is CCCOCC(C)CC(C)O. The van der Waals surface area contributed by atoms with Gasteiger partial charge in [-0.1, -0.05) is 13.8 Å². The summed E-state index contributed by atoms with van der Waals surface area (Å²) in [7, 11) is 0. The number of ether oxygens (including phenoxy) is 1. The average Bonchev–Trinajstić information content (AvgIpc) is 1.86. The van der Waals surface area contributed by atoms with Crippen molar-refractivity contribution in [2.75, 3.05) is 13.2 Å². The molecule has 0 aromatic rings. The van der Waals surface area contributed by atoms with Gasteiger partial charge in [-0.25, -0.2) is 0 Å². The molecule has 0 amide bonds. The lowest BCUT2D eigenvalue weighted by atomic mass is 10.1. The molecular weight excluding hydrogens is 140 g/mol. The van der Waals surface area contributed by atoms with Gasteiger partial charge in [0.2, 0.25) is 0 Å². The Kier molecular flexibility index (Phi) is 6.57. The molecule has 0 spiro atoms. The van der Waals surface area contributed by atoms with Crippen molar-refractivity contribution in [2.45, 2.75) is 39.7 Å². The molecule has 2 heteroatoms. The first kappa shape index (κ1) is 10.9. The van der Waals surface area contributed by atoms with E-state index in [0.29, 0.717) is 5.92 Å². The highest BCUT2D eigenvalue weighted by atomic mass is 16.5. The van der Waals surface area contributed by atoms with Gasteiger partial charge in [0.25, 0.3) is 0 Å². The molecular formula is C9H20O2. The summed E-state index contributed by atoms with van der Waals surface area (Å²) in [4.78, 5) is 0. The van der Waals surface area contributed by atoms with Crippen LogP contribution in [0.1, 0.15) is 33.6 Å². The fraction of sp³-hybridized carbons (Fsp3) is 1.00. The van der Waals surface area contributed by atoms with Crippen molar-refractivity contribution >= 4 is 0 Å². The first-order valence-corrected chi connectivity index (χ1v) is 4.42. The predicted molar refractivity (Wildman–Crippen MR) is 46.6 cm³/mol. The normalized spacial score (nSPS) is 16.4. The topological polar surface area (TPSA) is 29.5 Å². The zero-order valence-corrected chi connectivity index (χ0v) is 7.84. The van der Waals surface area contributed by atoms with Gasteiger partial charge in [-0.2, -0.15) is 0 Å². The van der Waals surface area contributed by atoms with E-state index in [9.17, 15) is 0 Å². The van der Waals surface area contributed by atoms with Crippen LogP contribution in [0.2, 0.25) is 0 Å². The van der Waals surface area contributed by atoms with Crippen LogP contribution in [0.5, 0.6) is 0 Å². The molecule has 0 saturated heterocycles. The van der Waals surface area contributed by atoms with Gasteiger partial charge >= 0.3 is 0 Å². The molecule has 0 fully saturated rings. The molecule has 2 atom stereocenters. The van der Waals surface area contributed by atoms with Gasteiger partial charge in [0, 0.05) is 13.2 Å². The second kappa shape index (κ2) is 6.62. The molecule has 0 aliphatic carbocycles. The monoisotopic (exact) mass is 160 g/mol. The predicted octanol–water partition coefficient (Wildman–Crippen LogP) is 1.82. The molecule has 2 nitrogen and oxygen atoms in total. The van der Waals surface area contributed by atoms with E-state index in [-0.39, 0.29) is 6.10 Å². The van der Waals surface area contributed by atoms with Crippen molar-refractivity contribution < 1.29 is 9.84 Å². The van der Waals surface area contributed by atoms with Crippen molar-refractivity contribution in [3.63, 3.8) is 0 Å². The number of rotatable bonds is 6. The molecule has 0 rings (SSSR count). The largest absolute Gasteiger partial charge is 0.393 e. The van der Waals surface area contributed by atoms with Crippen LogP contribution in [0, 0.1) is 5.92 Å². The van der Waals surface area contributed by atoms with Crippen molar-refractivity contribution in [1.29, 1.82) is 0 Å². The number of hydrogen-bond donors (Lipinski definition) is 1. The van der Waals surface area contributed by atoms with E-state index in [1.165, 1.54) is 0 Å². The van der Waals surface area contributed by atoms with Gasteiger partial charge in [0.1, 0.15) is 0 Å². The summed E-state index contributed by atoms with van der Waals surface area (Å²) in [5.74, 6) is 0.474. The third-order valence-corrected chi connectivity index (χ3v) is 1.49. The quantitative estimate of drug-likeness (QED) is 0.600. The lowest BCUT2D eigenvalue weighted by Crippen LogP contribution is -2.12. The minimum atomic E-state index is -0.199. The van der Waals surface area contributed by atoms with Crippen molar-refractivity contribution in [1.82, 2.24) is 0 Å². The molecule has 0 aromatic heterocycles. The summed E-state index contributed by atoms with van der Waals surface area (Å²) < 4.78 is 5.33. The Balaban J connectivity index is 3.15. The van der Waals surface area contributed by atoms with Gasteiger partial charge in [-0.15, -0.1) is 0 Å². The van der Waals surface area contributed by atoms with Gasteiger partial charge in [0.05, 0.1) is 6.10 Å². The summed E-state index contributed by atoms with van der Waals surface area (Å²) in [5, 5.41) is 9.02. The van der Waals surface area contributed by atoms with Crippen molar-refractivity contribution in [3.8, 4) is 0 Å². The Bertz CT molecular complexity index is 81.6. The maximum Gasteiger partial charge on any atom is 0.0515 e. The van der Waals surface area contributed by atoms with Gasteiger partial charge in [-0.05, 0) is 25.7 Å². The number of hydrogen-bond acceptors (Lipinski definition) is 2. The van der Waals surface area contributed by atoms with E-state index < -0.39 is 0 Å². The fourth-order valence-corrected chi connectivity index (χ4v) is 1.08. The Hall–Kier alpha value is -0.0800. The summed E-state index contributed by atoms with van der Waals surface area (Å²) in [6.07, 6.45) is 1.71. The lowest BCUT2D eigenvalue weighted by molar-refractivity contribution is 0.0791. The minimum Gasteiger partial charge on any atom is -0.393 e. The molecule has 68 valence electrons. The molecule has 0 bridgehead atoms. The number of aliphatic hydroxyl groups excluding tert-OH is 1. The highest BCUT2D eigenvalue weighted by Crippen LogP contribution is 2.05. The zero-order valence-electron chi connectivity index (χ0n) is 7.84. The van der Waals surface area contributed by atoms with Gasteiger partial charge < -0.3 is 9.84 Å². The average molecular weight is 160 g/mol. The summed E-state index contributed by atoms with van der Waals surface area (Å²) >= 11 is 0. The molecule has 0 heterocycles. The fourth-order valence-electron chi connectivity index (χ4n) is 1.08. The van der Waals surface area contributed by atoms with Crippen LogP contribution < -0.4 is 0 Å². The second-order valence-electron chi connectivity index (χ2n) is 3.26. The van der Waals surface area contributed by atoms with Crippen LogP contribution in [0.15, 0.2) is 0 Å². The highest BCUT2D eigenvalue weighted by Gasteiger charge is 2.05. The summed E-state index contributed by atoms with van der Waals surface area (Å²) in [6.45, 7) is 7.63. The summed E-state index contributed by atoms with van der Waals surface area (Å²) in [5.41, 5.74) is 0. The van der Waals surface area contributed by atoms with E-state index in [1.807, 2.05) is 6.92 Å². The molecule has 0 aliphatic rings. The molecule has 1 N–H and O–H groups in total. The lowest BCUT2D eigenvalue weighted by Gasteiger charge is -2.12. The zero-order chi connectivity index (χ0) is 8.69. The van der Waals surface area contributed by atoms with E-state index in [2.05, 4.69) is 13.8 Å². The molecule has 0 saturated carbocycles. The minimum absolute atomic E-state index is 0.199. The maximum absolute atomic E-state index is 9.02. The third-order valence-electron chi connectivity index (χ3n) is 1.49. The number of aliphatic hydroxyl groups is 1. The second-order valence-corrected chi connectivity index (χ2v) is 3.26. The standard InChI is InChI=1S/C9H20O2/c1-4-5-11-7-8(2)6-9(3)10/h8-10H,4-7H2,1-3H3. The first-order valence-electron chi connectivity index (χ1n) is 4.42. The van der Waals surface area contributed by atoms with Crippen molar-refractivity contribution in [2.24, 2.45) is 5.92 Å².